The Labute approximate surface area is 136 Å². The first kappa shape index (κ1) is 18.6. The maximum Gasteiger partial charge on any atom is 0.264 e. The van der Waals surface area contributed by atoms with Crippen molar-refractivity contribution in [2.75, 3.05) is 5.73 Å². The summed E-state index contributed by atoms with van der Waals surface area (Å²) in [5, 5.41) is 4.70. The van der Waals surface area contributed by atoms with Crippen molar-refractivity contribution < 1.29 is 16.8 Å². The number of anilines is 1. The molecule has 22 heavy (non-hydrogen) atoms. The second kappa shape index (κ2) is 7.20. The van der Waals surface area contributed by atoms with Gasteiger partial charge in [-0.15, -0.1) is 0 Å². The van der Waals surface area contributed by atoms with Gasteiger partial charge in [-0.2, -0.15) is 0 Å². The number of aromatic nitrogens is 2. The number of rotatable bonds is 2. The van der Waals surface area contributed by atoms with Crippen molar-refractivity contribution in [2.45, 2.75) is 9.79 Å². The third-order valence-corrected chi connectivity index (χ3v) is 4.82. The molecular formula is C10H10Cl2N4O4S2. The normalized spacial score (nSPS) is 11.4. The standard InChI is InChI=1S/C5H3Cl2NO2S.C5H7N3O2S/c2*6-5-4(11(7,9)10)2-1-3-8-5/h1-3H;1-3H,(H2,6,8)(H2,7,9,10). The van der Waals surface area contributed by atoms with Crippen molar-refractivity contribution in [3.05, 3.63) is 41.8 Å². The number of nitrogens with two attached hydrogens (primary N) is 2. The van der Waals surface area contributed by atoms with Crippen LogP contribution in [0.15, 0.2) is 46.5 Å². The molecule has 0 unspecified atom stereocenters. The molecule has 4 N–H and O–H groups in total. The Bertz CT molecular complexity index is 799. The fourth-order valence-corrected chi connectivity index (χ4v) is 3.22. The van der Waals surface area contributed by atoms with Crippen LogP contribution in [0.1, 0.15) is 0 Å². The zero-order valence-electron chi connectivity index (χ0n) is 10.7. The Balaban J connectivity index is 0.000000220. The molecule has 0 saturated carbocycles. The zero-order chi connectivity index (χ0) is 17.0. The van der Waals surface area contributed by atoms with Gasteiger partial charge in [0.1, 0.15) is 20.8 Å². The van der Waals surface area contributed by atoms with Crippen LogP contribution >= 0.6 is 22.3 Å². The Kier molecular flexibility index (Phi) is 6.08. The predicted molar refractivity (Wildman–Crippen MR) is 82.3 cm³/mol. The second-order valence-electron chi connectivity index (χ2n) is 3.66. The lowest BCUT2D eigenvalue weighted by Gasteiger charge is -1.98. The van der Waals surface area contributed by atoms with E-state index in [2.05, 4.69) is 9.97 Å². The molecule has 0 amide bonds. The third kappa shape index (κ3) is 5.39. The third-order valence-electron chi connectivity index (χ3n) is 2.09. The molecule has 0 spiro atoms. The predicted octanol–water partition coefficient (Wildman–Crippen LogP) is 0.974. The number of pyridine rings is 2. The average molecular weight is 385 g/mol. The van der Waals surface area contributed by atoms with Crippen molar-refractivity contribution in [1.82, 2.24) is 9.97 Å². The average Bonchev–Trinajstić information content (AvgIpc) is 2.37. The minimum absolute atomic E-state index is 0.0741. The molecule has 0 fully saturated rings. The number of halogens is 2. The van der Waals surface area contributed by atoms with Gasteiger partial charge in [0.15, 0.2) is 0 Å². The SMILES string of the molecule is Nc1ncccc1S(N)(=O)=O.O=S(=O)(Cl)c1cccnc1Cl. The summed E-state index contributed by atoms with van der Waals surface area (Å²) in [6.07, 6.45) is 2.78. The van der Waals surface area contributed by atoms with Crippen LogP contribution < -0.4 is 10.9 Å². The highest BCUT2D eigenvalue weighted by molar-refractivity contribution is 8.13. The van der Waals surface area contributed by atoms with E-state index in [1.165, 1.54) is 36.7 Å². The Morgan fingerprint density at radius 1 is 0.955 bits per heavy atom. The first-order valence-corrected chi connectivity index (χ1v) is 9.55. The molecule has 120 valence electrons. The lowest BCUT2D eigenvalue weighted by Crippen LogP contribution is -2.14. The first-order valence-electron chi connectivity index (χ1n) is 5.32. The monoisotopic (exact) mass is 384 g/mol. The molecule has 8 nitrogen and oxygen atoms in total. The van der Waals surface area contributed by atoms with E-state index >= 15 is 0 Å². The summed E-state index contributed by atoms with van der Waals surface area (Å²) in [7, 11) is -2.47. The van der Waals surface area contributed by atoms with Crippen LogP contribution in [-0.2, 0) is 19.1 Å². The molecule has 2 heterocycles. The van der Waals surface area contributed by atoms with Crippen molar-refractivity contribution >= 4 is 47.2 Å². The summed E-state index contributed by atoms with van der Waals surface area (Å²) in [5.41, 5.74) is 5.24. The zero-order valence-corrected chi connectivity index (χ0v) is 13.9. The molecule has 0 aliphatic heterocycles. The highest BCUT2D eigenvalue weighted by Crippen LogP contribution is 2.21. The highest BCUT2D eigenvalue weighted by Gasteiger charge is 2.14. The summed E-state index contributed by atoms with van der Waals surface area (Å²) >= 11 is 5.43. The van der Waals surface area contributed by atoms with E-state index < -0.39 is 19.1 Å². The lowest BCUT2D eigenvalue weighted by atomic mass is 10.5. The van der Waals surface area contributed by atoms with E-state index in [-0.39, 0.29) is 20.8 Å². The molecule has 12 heteroatoms. The molecule has 2 rings (SSSR count). The molecule has 0 aliphatic carbocycles. The van der Waals surface area contributed by atoms with Crippen LogP contribution in [0.3, 0.4) is 0 Å². The van der Waals surface area contributed by atoms with Crippen molar-refractivity contribution in [2.24, 2.45) is 5.14 Å². The van der Waals surface area contributed by atoms with E-state index in [0.717, 1.165) is 0 Å². The first-order chi connectivity index (χ1) is 10.0. The van der Waals surface area contributed by atoms with Gasteiger partial charge in [-0.25, -0.2) is 31.9 Å². The van der Waals surface area contributed by atoms with Crippen LogP contribution in [0.5, 0.6) is 0 Å². The molecule has 0 aromatic carbocycles. The molecule has 0 radical (unpaired) electrons. The van der Waals surface area contributed by atoms with Gasteiger partial charge in [0.2, 0.25) is 10.0 Å². The molecule has 0 bridgehead atoms. The molecule has 0 saturated heterocycles. The largest absolute Gasteiger partial charge is 0.383 e. The molecule has 0 aliphatic rings. The van der Waals surface area contributed by atoms with Crippen molar-refractivity contribution in [3.63, 3.8) is 0 Å². The highest BCUT2D eigenvalue weighted by atomic mass is 35.7. The number of hydrogen-bond acceptors (Lipinski definition) is 7. The van der Waals surface area contributed by atoms with Crippen LogP contribution in [0, 0.1) is 0 Å². The second-order valence-corrected chi connectivity index (χ2v) is 8.08. The van der Waals surface area contributed by atoms with Gasteiger partial charge in [-0.05, 0) is 24.3 Å². The molecule has 2 aromatic rings. The van der Waals surface area contributed by atoms with E-state index in [0.29, 0.717) is 0 Å². The van der Waals surface area contributed by atoms with Crippen LogP contribution in [0.25, 0.3) is 0 Å². The van der Waals surface area contributed by atoms with Gasteiger partial charge in [0.05, 0.1) is 0 Å². The lowest BCUT2D eigenvalue weighted by molar-refractivity contribution is 0.597. The van der Waals surface area contributed by atoms with E-state index in [9.17, 15) is 16.8 Å². The Morgan fingerprint density at radius 2 is 1.45 bits per heavy atom. The minimum atomic E-state index is -3.76. The fourth-order valence-electron chi connectivity index (χ4n) is 1.20. The Hall–Kier alpha value is -1.46. The maximum absolute atomic E-state index is 10.7. The van der Waals surface area contributed by atoms with Crippen LogP contribution in [0.4, 0.5) is 5.82 Å². The number of nitrogen functional groups attached to an aromatic ring is 1. The van der Waals surface area contributed by atoms with Gasteiger partial charge in [0, 0.05) is 23.1 Å². The number of sulfonamides is 1. The fraction of sp³-hybridized carbons (Fsp3) is 0. The van der Waals surface area contributed by atoms with Gasteiger partial charge in [-0.3, -0.25) is 0 Å². The van der Waals surface area contributed by atoms with Crippen molar-refractivity contribution in [3.8, 4) is 0 Å². The molecule has 0 atom stereocenters. The summed E-state index contributed by atoms with van der Waals surface area (Å²) in [6.45, 7) is 0. The van der Waals surface area contributed by atoms with Crippen molar-refractivity contribution in [1.29, 1.82) is 0 Å². The van der Waals surface area contributed by atoms with E-state index in [4.69, 9.17) is 33.2 Å². The summed E-state index contributed by atoms with van der Waals surface area (Å²) in [5.74, 6) is -0.0741. The maximum atomic E-state index is 10.7. The van der Waals surface area contributed by atoms with E-state index in [1.54, 1.807) is 0 Å². The molecular weight excluding hydrogens is 375 g/mol. The van der Waals surface area contributed by atoms with Crippen LogP contribution in [0.2, 0.25) is 5.15 Å². The Morgan fingerprint density at radius 3 is 1.77 bits per heavy atom. The minimum Gasteiger partial charge on any atom is -0.383 e. The van der Waals surface area contributed by atoms with Crippen LogP contribution in [-0.4, -0.2) is 26.8 Å². The quantitative estimate of drug-likeness (QED) is 0.578. The smallest absolute Gasteiger partial charge is 0.264 e. The van der Waals surface area contributed by atoms with Gasteiger partial charge in [0.25, 0.3) is 9.05 Å². The van der Waals surface area contributed by atoms with Gasteiger partial charge >= 0.3 is 0 Å². The van der Waals surface area contributed by atoms with Gasteiger partial charge in [-0.1, -0.05) is 11.6 Å². The number of nitrogens with zero attached hydrogens (tertiary/aromatic N) is 2. The van der Waals surface area contributed by atoms with Gasteiger partial charge < -0.3 is 5.73 Å². The number of hydrogen-bond donors (Lipinski definition) is 2. The summed E-state index contributed by atoms with van der Waals surface area (Å²) in [4.78, 5) is 6.81. The van der Waals surface area contributed by atoms with E-state index in [1.807, 2.05) is 0 Å². The molecule has 2 aromatic heterocycles. The topological polar surface area (TPSA) is 146 Å². The summed E-state index contributed by atoms with van der Waals surface area (Å²) < 4.78 is 42.8. The summed E-state index contributed by atoms with van der Waals surface area (Å²) in [6, 6.07) is 5.49. The number of primary sulfonamides is 1.